The minimum absolute atomic E-state index is 0.00365. The van der Waals surface area contributed by atoms with Crippen LogP contribution in [0.3, 0.4) is 0 Å². The van der Waals surface area contributed by atoms with Gasteiger partial charge in [-0.2, -0.15) is 0 Å². The molecule has 170 valence electrons. The summed E-state index contributed by atoms with van der Waals surface area (Å²) in [5.41, 5.74) is 6.85. The van der Waals surface area contributed by atoms with Gasteiger partial charge in [-0.05, 0) is 36.4 Å². The van der Waals surface area contributed by atoms with Gasteiger partial charge in [0, 0.05) is 47.0 Å². The molecule has 3 N–H and O–H groups in total. The van der Waals surface area contributed by atoms with Crippen molar-refractivity contribution in [3.05, 3.63) is 78.6 Å². The molecule has 33 heavy (non-hydrogen) atoms. The van der Waals surface area contributed by atoms with Gasteiger partial charge < -0.3 is 19.9 Å². The first-order valence-electron chi connectivity index (χ1n) is 10.0. The number of methoxy groups -OCH3 is 2. The molecule has 0 aliphatic rings. The summed E-state index contributed by atoms with van der Waals surface area (Å²) in [6.45, 7) is 0.00365. The average molecular weight is 466 g/mol. The zero-order valence-corrected chi connectivity index (χ0v) is 18.9. The van der Waals surface area contributed by atoms with Crippen LogP contribution in [0.5, 0.6) is 23.0 Å². The quantitative estimate of drug-likeness (QED) is 0.377. The van der Waals surface area contributed by atoms with Gasteiger partial charge in [0.2, 0.25) is 10.0 Å². The maximum atomic E-state index is 13.2. The summed E-state index contributed by atoms with van der Waals surface area (Å²) in [6, 6.07) is 17.0. The lowest BCUT2D eigenvalue weighted by Crippen LogP contribution is -2.24. The zero-order chi connectivity index (χ0) is 23.4. The van der Waals surface area contributed by atoms with E-state index in [2.05, 4.69) is 9.71 Å². The van der Waals surface area contributed by atoms with E-state index in [1.807, 2.05) is 18.2 Å². The van der Waals surface area contributed by atoms with Crippen LogP contribution in [-0.2, 0) is 16.6 Å². The standard InChI is InChI=1S/C24H23N3O5S/c1-30-19-8-6-17(23(13-19)31-2)15-27-33(28,29)24-12-18(25)7-9-22(24)32-21-5-3-4-16-14-26-11-10-20(16)21/h3-14,27H,15,25H2,1-2H3. The molecule has 9 heteroatoms. The van der Waals surface area contributed by atoms with Crippen molar-refractivity contribution in [2.45, 2.75) is 11.4 Å². The van der Waals surface area contributed by atoms with Crippen molar-refractivity contribution in [1.82, 2.24) is 9.71 Å². The molecule has 4 rings (SSSR count). The third-order valence-electron chi connectivity index (χ3n) is 5.06. The monoisotopic (exact) mass is 465 g/mol. The fraction of sp³-hybridized carbons (Fsp3) is 0.125. The third kappa shape index (κ3) is 4.84. The number of hydrogen-bond acceptors (Lipinski definition) is 7. The molecule has 3 aromatic carbocycles. The molecule has 1 aromatic heterocycles. The molecule has 0 fully saturated rings. The highest BCUT2D eigenvalue weighted by Gasteiger charge is 2.22. The van der Waals surface area contributed by atoms with E-state index < -0.39 is 10.0 Å². The molecule has 0 bridgehead atoms. The highest BCUT2D eigenvalue weighted by molar-refractivity contribution is 7.89. The van der Waals surface area contributed by atoms with Gasteiger partial charge in [-0.3, -0.25) is 4.98 Å². The molecule has 0 saturated heterocycles. The molecule has 0 atom stereocenters. The molecule has 0 amide bonds. The average Bonchev–Trinajstić information content (AvgIpc) is 2.84. The summed E-state index contributed by atoms with van der Waals surface area (Å²) in [4.78, 5) is 4.04. The molecule has 0 aliphatic heterocycles. The Morgan fingerprint density at radius 1 is 0.939 bits per heavy atom. The van der Waals surface area contributed by atoms with Crippen LogP contribution in [0.15, 0.2) is 78.0 Å². The number of nitrogens with zero attached hydrogens (tertiary/aromatic N) is 1. The van der Waals surface area contributed by atoms with Gasteiger partial charge in [-0.15, -0.1) is 0 Å². The van der Waals surface area contributed by atoms with Gasteiger partial charge in [0.1, 0.15) is 27.9 Å². The number of ether oxygens (including phenoxy) is 3. The van der Waals surface area contributed by atoms with E-state index in [-0.39, 0.29) is 17.2 Å². The third-order valence-corrected chi connectivity index (χ3v) is 6.49. The molecular formula is C24H23N3O5S. The summed E-state index contributed by atoms with van der Waals surface area (Å²) >= 11 is 0. The Balaban J connectivity index is 1.65. The summed E-state index contributed by atoms with van der Waals surface area (Å²) in [7, 11) is -0.923. The summed E-state index contributed by atoms with van der Waals surface area (Å²) in [5.74, 6) is 1.77. The number of nitrogens with one attached hydrogen (secondary N) is 1. The highest BCUT2D eigenvalue weighted by atomic mass is 32.2. The van der Waals surface area contributed by atoms with Gasteiger partial charge in [-0.1, -0.05) is 18.2 Å². The van der Waals surface area contributed by atoms with Gasteiger partial charge >= 0.3 is 0 Å². The van der Waals surface area contributed by atoms with Gasteiger partial charge in [-0.25, -0.2) is 13.1 Å². The number of rotatable bonds is 8. The predicted octanol–water partition coefficient (Wildman–Crippen LogP) is 4.11. The number of nitrogens with two attached hydrogens (primary N) is 1. The number of pyridine rings is 1. The first-order valence-corrected chi connectivity index (χ1v) is 11.5. The Labute approximate surface area is 192 Å². The van der Waals surface area contributed by atoms with Crippen molar-refractivity contribution in [2.75, 3.05) is 20.0 Å². The largest absolute Gasteiger partial charge is 0.497 e. The van der Waals surface area contributed by atoms with E-state index in [1.165, 1.54) is 19.2 Å². The summed E-state index contributed by atoms with van der Waals surface area (Å²) in [6.07, 6.45) is 3.37. The van der Waals surface area contributed by atoms with E-state index in [4.69, 9.17) is 19.9 Å². The topological polar surface area (TPSA) is 113 Å². The van der Waals surface area contributed by atoms with Crippen LogP contribution in [-0.4, -0.2) is 27.6 Å². The van der Waals surface area contributed by atoms with Crippen molar-refractivity contribution < 1.29 is 22.6 Å². The molecule has 1 heterocycles. The smallest absolute Gasteiger partial charge is 0.244 e. The number of sulfonamides is 1. The van der Waals surface area contributed by atoms with Gasteiger partial charge in [0.25, 0.3) is 0 Å². The van der Waals surface area contributed by atoms with E-state index in [9.17, 15) is 8.42 Å². The second kappa shape index (κ2) is 9.35. The van der Waals surface area contributed by atoms with E-state index in [0.717, 1.165) is 10.8 Å². The normalized spacial score (nSPS) is 11.3. The van der Waals surface area contributed by atoms with Gasteiger partial charge in [0.05, 0.1) is 14.2 Å². The maximum Gasteiger partial charge on any atom is 0.244 e. The predicted molar refractivity (Wildman–Crippen MR) is 126 cm³/mol. The van der Waals surface area contributed by atoms with E-state index in [0.29, 0.717) is 28.5 Å². The molecule has 0 saturated carbocycles. The molecular weight excluding hydrogens is 442 g/mol. The van der Waals surface area contributed by atoms with Crippen LogP contribution >= 0.6 is 0 Å². The second-order valence-corrected chi connectivity index (χ2v) is 8.90. The highest BCUT2D eigenvalue weighted by Crippen LogP contribution is 2.34. The van der Waals surface area contributed by atoms with Crippen LogP contribution in [0.1, 0.15) is 5.56 Å². The van der Waals surface area contributed by atoms with Crippen LogP contribution in [0.25, 0.3) is 10.8 Å². The number of aromatic nitrogens is 1. The van der Waals surface area contributed by atoms with Crippen molar-refractivity contribution in [3.63, 3.8) is 0 Å². The van der Waals surface area contributed by atoms with Crippen LogP contribution in [0.4, 0.5) is 5.69 Å². The zero-order valence-electron chi connectivity index (χ0n) is 18.1. The molecule has 8 nitrogen and oxygen atoms in total. The Morgan fingerprint density at radius 2 is 1.79 bits per heavy atom. The van der Waals surface area contributed by atoms with Crippen molar-refractivity contribution in [3.8, 4) is 23.0 Å². The SMILES string of the molecule is COc1ccc(CNS(=O)(=O)c2cc(N)ccc2Oc2cccc3cnccc23)c(OC)c1. The number of anilines is 1. The molecule has 0 radical (unpaired) electrons. The lowest BCUT2D eigenvalue weighted by atomic mass is 10.1. The summed E-state index contributed by atoms with van der Waals surface area (Å²) in [5, 5.41) is 1.68. The molecule has 0 unspecified atom stereocenters. The van der Waals surface area contributed by atoms with Crippen LogP contribution in [0, 0.1) is 0 Å². The minimum Gasteiger partial charge on any atom is -0.497 e. The molecule has 0 spiro atoms. The number of hydrogen-bond donors (Lipinski definition) is 2. The molecule has 0 aliphatic carbocycles. The Hall–Kier alpha value is -3.82. The van der Waals surface area contributed by atoms with Crippen molar-refractivity contribution in [2.24, 2.45) is 0 Å². The number of nitrogen functional groups attached to an aromatic ring is 1. The minimum atomic E-state index is -3.98. The number of benzene rings is 3. The van der Waals surface area contributed by atoms with Gasteiger partial charge in [0.15, 0.2) is 0 Å². The Kier molecular flexibility index (Phi) is 6.34. The fourth-order valence-corrected chi connectivity index (χ4v) is 4.53. The fourth-order valence-electron chi connectivity index (χ4n) is 3.37. The Bertz CT molecular complexity index is 1400. The van der Waals surface area contributed by atoms with Crippen LogP contribution < -0.4 is 24.7 Å². The van der Waals surface area contributed by atoms with E-state index >= 15 is 0 Å². The lowest BCUT2D eigenvalue weighted by Gasteiger charge is -2.15. The Morgan fingerprint density at radius 3 is 2.58 bits per heavy atom. The first kappa shape index (κ1) is 22.4. The second-order valence-electron chi connectivity index (χ2n) is 7.16. The van der Waals surface area contributed by atoms with Crippen molar-refractivity contribution >= 4 is 26.5 Å². The first-order chi connectivity index (χ1) is 15.9. The van der Waals surface area contributed by atoms with Crippen molar-refractivity contribution in [1.29, 1.82) is 0 Å². The summed E-state index contributed by atoms with van der Waals surface area (Å²) < 4.78 is 45.7. The van der Waals surface area contributed by atoms with E-state index in [1.54, 1.807) is 49.8 Å². The lowest BCUT2D eigenvalue weighted by molar-refractivity contribution is 0.390. The van der Waals surface area contributed by atoms with Crippen LogP contribution in [0.2, 0.25) is 0 Å². The number of fused-ring (bicyclic) bond motifs is 1. The molecule has 4 aromatic rings. The maximum absolute atomic E-state index is 13.2.